The van der Waals surface area contributed by atoms with E-state index in [0.717, 1.165) is 30.2 Å². The second-order valence-corrected chi connectivity index (χ2v) is 7.39. The van der Waals surface area contributed by atoms with Gasteiger partial charge in [0.05, 0.1) is 23.6 Å². The summed E-state index contributed by atoms with van der Waals surface area (Å²) in [6.07, 6.45) is 4.01. The van der Waals surface area contributed by atoms with Crippen LogP contribution in [-0.4, -0.2) is 16.5 Å². The maximum absolute atomic E-state index is 5.90. The smallest absolute Gasteiger partial charge is 0.226 e. The first-order valence-corrected chi connectivity index (χ1v) is 9.14. The van der Waals surface area contributed by atoms with Crippen molar-refractivity contribution in [3.8, 4) is 0 Å². The van der Waals surface area contributed by atoms with E-state index in [9.17, 15) is 0 Å². The van der Waals surface area contributed by atoms with Gasteiger partial charge in [-0.25, -0.2) is 9.97 Å². The molecule has 1 aliphatic rings. The van der Waals surface area contributed by atoms with E-state index >= 15 is 0 Å². The van der Waals surface area contributed by atoms with Gasteiger partial charge in [0.15, 0.2) is 0 Å². The van der Waals surface area contributed by atoms with Crippen LogP contribution in [0.15, 0.2) is 30.5 Å². The molecule has 0 saturated carbocycles. The first kappa shape index (κ1) is 17.7. The molecular formula is C20H29N5. The summed E-state index contributed by atoms with van der Waals surface area (Å²) in [6.45, 7) is 8.11. The molecule has 0 radical (unpaired) electrons. The Kier molecular flexibility index (Phi) is 5.23. The van der Waals surface area contributed by atoms with E-state index in [2.05, 4.69) is 53.0 Å². The number of anilines is 2. The number of hydrogen-bond acceptors (Lipinski definition) is 5. The highest BCUT2D eigenvalue weighted by atomic mass is 15.3. The lowest BCUT2D eigenvalue weighted by atomic mass is 9.81. The Bertz CT molecular complexity index is 711. The van der Waals surface area contributed by atoms with Gasteiger partial charge in [-0.05, 0) is 42.7 Å². The minimum atomic E-state index is 0.288. The quantitative estimate of drug-likeness (QED) is 0.892. The Morgan fingerprint density at radius 3 is 2.56 bits per heavy atom. The molecule has 1 aromatic heterocycles. The van der Waals surface area contributed by atoms with Gasteiger partial charge in [0.2, 0.25) is 5.95 Å². The van der Waals surface area contributed by atoms with Crippen molar-refractivity contribution < 1.29 is 0 Å². The lowest BCUT2D eigenvalue weighted by Crippen LogP contribution is -2.39. The fraction of sp³-hybridized carbons (Fsp3) is 0.500. The highest BCUT2D eigenvalue weighted by molar-refractivity contribution is 5.46. The Balaban J connectivity index is 1.94. The zero-order valence-electron chi connectivity index (χ0n) is 15.4. The van der Waals surface area contributed by atoms with Crippen LogP contribution in [0.3, 0.4) is 0 Å². The van der Waals surface area contributed by atoms with Crippen molar-refractivity contribution in [3.63, 3.8) is 0 Å². The Morgan fingerprint density at radius 1 is 1.24 bits per heavy atom. The highest BCUT2D eigenvalue weighted by Gasteiger charge is 2.32. The van der Waals surface area contributed by atoms with Crippen LogP contribution in [0.5, 0.6) is 0 Å². The van der Waals surface area contributed by atoms with Crippen LogP contribution in [-0.2, 0) is 6.54 Å². The van der Waals surface area contributed by atoms with Crippen molar-refractivity contribution in [2.75, 3.05) is 17.2 Å². The maximum atomic E-state index is 5.90. The molecule has 1 aromatic carbocycles. The molecule has 25 heavy (non-hydrogen) atoms. The number of hydrogen-bond donors (Lipinski definition) is 2. The van der Waals surface area contributed by atoms with Crippen LogP contribution < -0.4 is 16.4 Å². The second-order valence-electron chi connectivity index (χ2n) is 7.39. The summed E-state index contributed by atoms with van der Waals surface area (Å²) in [7, 11) is 0. The van der Waals surface area contributed by atoms with Gasteiger partial charge in [-0.1, -0.05) is 38.1 Å². The number of aryl methyl sites for hydroxylation is 1. The summed E-state index contributed by atoms with van der Waals surface area (Å²) in [6, 6.07) is 8.94. The van der Waals surface area contributed by atoms with Crippen molar-refractivity contribution in [2.24, 2.45) is 17.6 Å². The molecule has 3 rings (SSSR count). The minimum absolute atomic E-state index is 0.288. The van der Waals surface area contributed by atoms with E-state index in [1.807, 2.05) is 6.92 Å². The Morgan fingerprint density at radius 2 is 1.96 bits per heavy atom. The van der Waals surface area contributed by atoms with Crippen LogP contribution >= 0.6 is 0 Å². The fourth-order valence-corrected chi connectivity index (χ4v) is 3.63. The van der Waals surface area contributed by atoms with Crippen LogP contribution in [0.1, 0.15) is 49.6 Å². The molecule has 5 nitrogen and oxygen atoms in total. The predicted molar refractivity (Wildman–Crippen MR) is 103 cm³/mol. The molecule has 2 atom stereocenters. The van der Waals surface area contributed by atoms with Gasteiger partial charge < -0.3 is 16.4 Å². The van der Waals surface area contributed by atoms with Gasteiger partial charge in [-0.2, -0.15) is 0 Å². The molecule has 1 saturated heterocycles. The maximum Gasteiger partial charge on any atom is 0.226 e. The molecule has 5 heteroatoms. The zero-order valence-corrected chi connectivity index (χ0v) is 15.4. The first-order chi connectivity index (χ1) is 12.0. The number of nitrogens with zero attached hydrogens (tertiary/aromatic N) is 3. The lowest BCUT2D eigenvalue weighted by Gasteiger charge is -2.41. The van der Waals surface area contributed by atoms with Crippen molar-refractivity contribution >= 4 is 11.6 Å². The number of nitrogen functional groups attached to an aromatic ring is 1. The van der Waals surface area contributed by atoms with Gasteiger partial charge in [0.1, 0.15) is 0 Å². The van der Waals surface area contributed by atoms with E-state index in [0.29, 0.717) is 24.1 Å². The van der Waals surface area contributed by atoms with Crippen molar-refractivity contribution in [1.29, 1.82) is 0 Å². The number of nitrogens with two attached hydrogens (primary N) is 2. The monoisotopic (exact) mass is 339 g/mol. The van der Waals surface area contributed by atoms with Crippen LogP contribution in [0.2, 0.25) is 0 Å². The largest absolute Gasteiger partial charge is 0.396 e. The number of rotatable bonds is 4. The molecule has 2 unspecified atom stereocenters. The molecule has 134 valence electrons. The summed E-state index contributed by atoms with van der Waals surface area (Å²) >= 11 is 0. The van der Waals surface area contributed by atoms with Gasteiger partial charge >= 0.3 is 0 Å². The third-order valence-corrected chi connectivity index (χ3v) is 5.45. The summed E-state index contributed by atoms with van der Waals surface area (Å²) in [5.74, 6) is 2.18. The highest BCUT2D eigenvalue weighted by Crippen LogP contribution is 2.39. The molecule has 0 spiro atoms. The van der Waals surface area contributed by atoms with Crippen LogP contribution in [0.25, 0.3) is 0 Å². The second kappa shape index (κ2) is 7.40. The molecule has 2 aromatic rings. The van der Waals surface area contributed by atoms with E-state index in [1.54, 1.807) is 6.20 Å². The van der Waals surface area contributed by atoms with Gasteiger partial charge in [-0.3, -0.25) is 0 Å². The minimum Gasteiger partial charge on any atom is -0.396 e. The van der Waals surface area contributed by atoms with E-state index in [-0.39, 0.29) is 6.04 Å². The van der Waals surface area contributed by atoms with E-state index in [4.69, 9.17) is 11.5 Å². The third kappa shape index (κ3) is 3.76. The van der Waals surface area contributed by atoms with Gasteiger partial charge in [0, 0.05) is 13.1 Å². The van der Waals surface area contributed by atoms with Gasteiger partial charge in [-0.15, -0.1) is 0 Å². The molecular weight excluding hydrogens is 310 g/mol. The average molecular weight is 339 g/mol. The topological polar surface area (TPSA) is 81.1 Å². The zero-order chi connectivity index (χ0) is 18.0. The van der Waals surface area contributed by atoms with Crippen molar-refractivity contribution in [3.05, 3.63) is 47.3 Å². The van der Waals surface area contributed by atoms with Crippen LogP contribution in [0, 0.1) is 18.8 Å². The summed E-state index contributed by atoms with van der Waals surface area (Å²) < 4.78 is 0. The standard InChI is InChI=1S/C20H29N5/c1-13(2)17-8-9-25(20-23-12-18(22)14(3)24-20)19(10-17)16-6-4-15(11-21)5-7-16/h4-7,12-13,17,19H,8-11,21-22H2,1-3H3. The van der Waals surface area contributed by atoms with Crippen molar-refractivity contribution in [2.45, 2.75) is 46.2 Å². The summed E-state index contributed by atoms with van der Waals surface area (Å²) in [4.78, 5) is 11.5. The predicted octanol–water partition coefficient (Wildman–Crippen LogP) is 3.44. The fourth-order valence-electron chi connectivity index (χ4n) is 3.63. The SMILES string of the molecule is Cc1nc(N2CCC(C(C)C)CC2c2ccc(CN)cc2)ncc1N. The Hall–Kier alpha value is -2.14. The lowest BCUT2D eigenvalue weighted by molar-refractivity contribution is 0.269. The van der Waals surface area contributed by atoms with Crippen LogP contribution in [0.4, 0.5) is 11.6 Å². The van der Waals surface area contributed by atoms with E-state index < -0.39 is 0 Å². The molecule has 0 aliphatic carbocycles. The first-order valence-electron chi connectivity index (χ1n) is 9.14. The van der Waals surface area contributed by atoms with Crippen molar-refractivity contribution in [1.82, 2.24) is 9.97 Å². The number of piperidine rings is 1. The summed E-state index contributed by atoms with van der Waals surface area (Å²) in [5.41, 5.74) is 15.6. The van der Waals surface area contributed by atoms with E-state index in [1.165, 1.54) is 12.0 Å². The van der Waals surface area contributed by atoms with Gasteiger partial charge in [0.25, 0.3) is 0 Å². The number of benzene rings is 1. The average Bonchev–Trinajstić information content (AvgIpc) is 2.63. The molecule has 0 amide bonds. The molecule has 1 fully saturated rings. The third-order valence-electron chi connectivity index (χ3n) is 5.45. The molecule has 0 bridgehead atoms. The number of aromatic nitrogens is 2. The summed E-state index contributed by atoms with van der Waals surface area (Å²) in [5, 5.41) is 0. The molecule has 1 aliphatic heterocycles. The Labute approximate surface area is 150 Å². The molecule has 4 N–H and O–H groups in total. The normalized spacial score (nSPS) is 20.9. The molecule has 2 heterocycles.